The van der Waals surface area contributed by atoms with Crippen LogP contribution in [-0.2, 0) is 6.61 Å². The molecule has 0 unspecified atom stereocenters. The van der Waals surface area contributed by atoms with E-state index in [1.165, 1.54) is 22.5 Å². The van der Waals surface area contributed by atoms with Crippen LogP contribution in [0.5, 0.6) is 5.75 Å². The Hall–Kier alpha value is -2.66. The van der Waals surface area contributed by atoms with Crippen molar-refractivity contribution in [2.45, 2.75) is 34.3 Å². The van der Waals surface area contributed by atoms with Crippen molar-refractivity contribution >= 4 is 23.1 Å². The summed E-state index contributed by atoms with van der Waals surface area (Å²) in [6, 6.07) is 9.80. The number of carbonyl (C=O) groups is 1. The summed E-state index contributed by atoms with van der Waals surface area (Å²) >= 11 is 1.41. The van der Waals surface area contributed by atoms with Gasteiger partial charge in [-0.25, -0.2) is 4.98 Å². The fourth-order valence-electron chi connectivity index (χ4n) is 2.66. The lowest BCUT2D eigenvalue weighted by Crippen LogP contribution is -2.11. The van der Waals surface area contributed by atoms with E-state index in [0.29, 0.717) is 17.3 Å². The van der Waals surface area contributed by atoms with Crippen LogP contribution >= 0.6 is 11.3 Å². The summed E-state index contributed by atoms with van der Waals surface area (Å²) in [6.45, 7) is 8.61. The average Bonchev–Trinajstić information content (AvgIpc) is 3.06. The molecule has 1 amide bonds. The number of hydrogen-bond donors (Lipinski definition) is 1. The van der Waals surface area contributed by atoms with E-state index in [1.807, 2.05) is 36.6 Å². The van der Waals surface area contributed by atoms with Gasteiger partial charge in [-0.3, -0.25) is 4.79 Å². The number of carbonyl (C=O) groups excluding carboxylic acids is 1. The summed E-state index contributed by atoms with van der Waals surface area (Å²) < 4.78 is 5.97. The van der Waals surface area contributed by atoms with Crippen molar-refractivity contribution in [3.05, 3.63) is 74.6 Å². The van der Waals surface area contributed by atoms with Crippen molar-refractivity contribution < 1.29 is 9.53 Å². The molecule has 0 bridgehead atoms. The summed E-state index contributed by atoms with van der Waals surface area (Å²) in [6.07, 6.45) is 1.69. The van der Waals surface area contributed by atoms with E-state index in [4.69, 9.17) is 4.74 Å². The Bertz CT molecular complexity index is 947. The van der Waals surface area contributed by atoms with Crippen LogP contribution < -0.4 is 10.1 Å². The van der Waals surface area contributed by atoms with Crippen molar-refractivity contribution in [2.75, 3.05) is 5.32 Å². The number of rotatable bonds is 5. The zero-order valence-corrected chi connectivity index (χ0v) is 16.2. The Balaban J connectivity index is 1.65. The summed E-state index contributed by atoms with van der Waals surface area (Å²) in [7, 11) is 0. The number of thiophene rings is 1. The largest absolute Gasteiger partial charge is 0.489 e. The van der Waals surface area contributed by atoms with Gasteiger partial charge in [0.1, 0.15) is 18.2 Å². The lowest BCUT2D eigenvalue weighted by Gasteiger charge is -2.11. The highest BCUT2D eigenvalue weighted by Gasteiger charge is 2.11. The van der Waals surface area contributed by atoms with Gasteiger partial charge < -0.3 is 10.1 Å². The maximum atomic E-state index is 12.4. The third-order valence-electron chi connectivity index (χ3n) is 4.19. The van der Waals surface area contributed by atoms with Crippen molar-refractivity contribution in [1.82, 2.24) is 4.98 Å². The molecule has 2 heterocycles. The molecule has 0 spiro atoms. The van der Waals surface area contributed by atoms with Crippen molar-refractivity contribution in [3.63, 3.8) is 0 Å². The molecule has 0 aliphatic heterocycles. The summed E-state index contributed by atoms with van der Waals surface area (Å²) in [5, 5.41) is 4.78. The molecule has 26 heavy (non-hydrogen) atoms. The normalized spacial score (nSPS) is 10.6. The Kier molecular flexibility index (Phi) is 5.38. The first-order valence-corrected chi connectivity index (χ1v) is 9.32. The highest BCUT2D eigenvalue weighted by molar-refractivity contribution is 7.12. The molecule has 0 aliphatic rings. The SMILES string of the molecule is Cc1ccnc(NC(=O)c2cc(COc3cc(C)cc(C)c3C)cs2)c1. The predicted molar refractivity (Wildman–Crippen MR) is 106 cm³/mol. The lowest BCUT2D eigenvalue weighted by atomic mass is 10.1. The first-order valence-electron chi connectivity index (χ1n) is 8.44. The van der Waals surface area contributed by atoms with Gasteiger partial charge in [0.15, 0.2) is 0 Å². The molecule has 3 aromatic rings. The first-order chi connectivity index (χ1) is 12.4. The molecule has 0 radical (unpaired) electrons. The van der Waals surface area contributed by atoms with Crippen LogP contribution in [0.2, 0.25) is 0 Å². The minimum atomic E-state index is -0.151. The predicted octanol–water partition coefficient (Wildman–Crippen LogP) is 5.21. The minimum Gasteiger partial charge on any atom is -0.489 e. The highest BCUT2D eigenvalue weighted by atomic mass is 32.1. The number of benzene rings is 1. The third kappa shape index (κ3) is 4.29. The smallest absolute Gasteiger partial charge is 0.266 e. The van der Waals surface area contributed by atoms with Crippen molar-refractivity contribution in [2.24, 2.45) is 0 Å². The number of hydrogen-bond acceptors (Lipinski definition) is 4. The quantitative estimate of drug-likeness (QED) is 0.674. The monoisotopic (exact) mass is 366 g/mol. The average molecular weight is 366 g/mol. The summed E-state index contributed by atoms with van der Waals surface area (Å²) in [5.41, 5.74) is 5.58. The molecule has 0 atom stereocenters. The fourth-order valence-corrected chi connectivity index (χ4v) is 3.46. The molecule has 0 aliphatic carbocycles. The van der Waals surface area contributed by atoms with Gasteiger partial charge >= 0.3 is 0 Å². The van der Waals surface area contributed by atoms with Crippen LogP contribution in [0.1, 0.15) is 37.5 Å². The number of nitrogens with one attached hydrogen (secondary N) is 1. The van der Waals surface area contributed by atoms with Gasteiger partial charge in [-0.1, -0.05) is 6.07 Å². The number of nitrogens with zero attached hydrogens (tertiary/aromatic N) is 1. The van der Waals surface area contributed by atoms with Crippen molar-refractivity contribution in [3.8, 4) is 5.75 Å². The van der Waals surface area contributed by atoms with Gasteiger partial charge in [0, 0.05) is 11.8 Å². The fraction of sp³-hybridized carbons (Fsp3) is 0.238. The summed E-state index contributed by atoms with van der Waals surface area (Å²) in [4.78, 5) is 17.2. The maximum Gasteiger partial charge on any atom is 0.266 e. The van der Waals surface area contributed by atoms with E-state index in [-0.39, 0.29) is 5.91 Å². The van der Waals surface area contributed by atoms with Gasteiger partial charge in [-0.2, -0.15) is 0 Å². The number of pyridine rings is 1. The third-order valence-corrected chi connectivity index (χ3v) is 5.17. The number of aryl methyl sites for hydroxylation is 3. The standard InChI is InChI=1S/C21H22N2O2S/c1-13-5-6-22-20(9-13)23-21(24)19-10-17(12-26-19)11-25-18-8-14(2)7-15(3)16(18)4/h5-10,12H,11H2,1-4H3,(H,22,23,24). The van der Waals surface area contributed by atoms with Crippen molar-refractivity contribution in [1.29, 1.82) is 0 Å². The summed E-state index contributed by atoms with van der Waals surface area (Å²) in [5.74, 6) is 1.30. The highest BCUT2D eigenvalue weighted by Crippen LogP contribution is 2.25. The molecular formula is C21H22N2O2S. The Morgan fingerprint density at radius 3 is 2.69 bits per heavy atom. The van der Waals surface area contributed by atoms with E-state index < -0.39 is 0 Å². The second-order valence-electron chi connectivity index (χ2n) is 6.49. The van der Waals surface area contributed by atoms with Crippen LogP contribution in [0.3, 0.4) is 0 Å². The molecule has 4 nitrogen and oxygen atoms in total. The lowest BCUT2D eigenvalue weighted by molar-refractivity contribution is 0.103. The molecule has 0 fully saturated rings. The van der Waals surface area contributed by atoms with Gasteiger partial charge in [0.05, 0.1) is 4.88 Å². The van der Waals surface area contributed by atoms with Gasteiger partial charge in [0.25, 0.3) is 5.91 Å². The Morgan fingerprint density at radius 2 is 1.92 bits per heavy atom. The maximum absolute atomic E-state index is 12.4. The van der Waals surface area contributed by atoms with E-state index in [2.05, 4.69) is 37.1 Å². The molecule has 0 saturated carbocycles. The zero-order chi connectivity index (χ0) is 18.7. The molecule has 5 heteroatoms. The van der Waals surface area contributed by atoms with E-state index in [9.17, 15) is 4.79 Å². The number of anilines is 1. The van der Waals surface area contributed by atoms with Gasteiger partial charge in [0.2, 0.25) is 0 Å². The van der Waals surface area contributed by atoms with Crippen LogP contribution in [0, 0.1) is 27.7 Å². The molecule has 1 N–H and O–H groups in total. The zero-order valence-electron chi connectivity index (χ0n) is 15.4. The van der Waals surface area contributed by atoms with E-state index in [1.54, 1.807) is 6.20 Å². The van der Waals surface area contributed by atoms with Crippen LogP contribution in [0.15, 0.2) is 41.9 Å². The number of amides is 1. The van der Waals surface area contributed by atoms with Crippen LogP contribution in [0.4, 0.5) is 5.82 Å². The molecular weight excluding hydrogens is 344 g/mol. The van der Waals surface area contributed by atoms with Gasteiger partial charge in [-0.15, -0.1) is 11.3 Å². The Labute approximate surface area is 157 Å². The number of aromatic nitrogens is 1. The van der Waals surface area contributed by atoms with E-state index in [0.717, 1.165) is 22.4 Å². The molecule has 2 aromatic heterocycles. The molecule has 0 saturated heterocycles. The minimum absolute atomic E-state index is 0.151. The molecule has 1 aromatic carbocycles. The van der Waals surface area contributed by atoms with Gasteiger partial charge in [-0.05, 0) is 79.6 Å². The molecule has 134 valence electrons. The van der Waals surface area contributed by atoms with Crippen LogP contribution in [0.25, 0.3) is 0 Å². The second-order valence-corrected chi connectivity index (χ2v) is 7.40. The number of ether oxygens (including phenoxy) is 1. The van der Waals surface area contributed by atoms with E-state index >= 15 is 0 Å². The second kappa shape index (κ2) is 7.70. The van der Waals surface area contributed by atoms with Crippen LogP contribution in [-0.4, -0.2) is 10.9 Å². The first kappa shape index (κ1) is 18.1. The topological polar surface area (TPSA) is 51.2 Å². The molecule has 3 rings (SSSR count). The Morgan fingerprint density at radius 1 is 1.12 bits per heavy atom.